The van der Waals surface area contributed by atoms with E-state index in [1.165, 1.54) is 17.5 Å². The highest BCUT2D eigenvalue weighted by Crippen LogP contribution is 2.32. The first-order valence-electron chi connectivity index (χ1n) is 7.66. The van der Waals surface area contributed by atoms with Crippen LogP contribution in [0, 0.1) is 5.92 Å². The Hall–Kier alpha value is -2.61. The number of rotatable bonds is 4. The standard InChI is InChI=1S/C12H13F2N5OS.C2HF3O2/c13-12(14,7-1-2-15-5-7)11(20)18-8-6-17-19-9(8)10-16-3-4-21-10;3-2(4,5)1(6)7/h3-4,6-7,15H,1-2,5H2,(H,17,19)(H,18,20);(H,6,7). The molecule has 1 unspecified atom stereocenters. The van der Waals surface area contributed by atoms with Crippen LogP contribution in [0.2, 0.25) is 0 Å². The molecule has 28 heavy (non-hydrogen) atoms. The van der Waals surface area contributed by atoms with Gasteiger partial charge in [-0.05, 0) is 13.0 Å². The molecule has 2 aromatic rings. The minimum Gasteiger partial charge on any atom is -0.475 e. The molecule has 3 heterocycles. The number of carboxylic acid groups (broad SMARTS) is 1. The van der Waals surface area contributed by atoms with Crippen LogP contribution in [0.4, 0.5) is 27.6 Å². The average molecular weight is 427 g/mol. The lowest BCUT2D eigenvalue weighted by molar-refractivity contribution is -0.192. The molecule has 8 nitrogen and oxygen atoms in total. The SMILES string of the molecule is O=C(Nc1cn[nH]c1-c1nccs1)C(F)(F)C1CCNC1.O=C(O)C(F)(F)F. The lowest BCUT2D eigenvalue weighted by Crippen LogP contribution is -2.42. The summed E-state index contributed by atoms with van der Waals surface area (Å²) in [4.78, 5) is 24.9. The summed E-state index contributed by atoms with van der Waals surface area (Å²) < 4.78 is 59.9. The zero-order valence-corrected chi connectivity index (χ0v) is 14.7. The fraction of sp³-hybridized carbons (Fsp3) is 0.429. The highest BCUT2D eigenvalue weighted by Gasteiger charge is 2.48. The van der Waals surface area contributed by atoms with Gasteiger partial charge in [0.05, 0.1) is 11.9 Å². The Kier molecular flexibility index (Phi) is 6.66. The molecule has 0 aliphatic carbocycles. The molecule has 4 N–H and O–H groups in total. The smallest absolute Gasteiger partial charge is 0.475 e. The normalized spacial score (nSPS) is 17.0. The van der Waals surface area contributed by atoms with Crippen LogP contribution in [0.15, 0.2) is 17.8 Å². The van der Waals surface area contributed by atoms with Crippen molar-refractivity contribution in [3.8, 4) is 10.7 Å². The van der Waals surface area contributed by atoms with Gasteiger partial charge in [0.1, 0.15) is 10.7 Å². The van der Waals surface area contributed by atoms with Crippen molar-refractivity contribution < 1.29 is 36.6 Å². The van der Waals surface area contributed by atoms with Crippen LogP contribution in [0.1, 0.15) is 6.42 Å². The number of alkyl halides is 5. The Balaban J connectivity index is 0.000000345. The number of hydrogen-bond acceptors (Lipinski definition) is 6. The van der Waals surface area contributed by atoms with Gasteiger partial charge in [0, 0.05) is 24.0 Å². The van der Waals surface area contributed by atoms with Gasteiger partial charge in [-0.2, -0.15) is 27.1 Å². The highest BCUT2D eigenvalue weighted by molar-refractivity contribution is 7.13. The Morgan fingerprint density at radius 3 is 2.46 bits per heavy atom. The van der Waals surface area contributed by atoms with Crippen LogP contribution >= 0.6 is 11.3 Å². The number of thiazole rings is 1. The van der Waals surface area contributed by atoms with E-state index >= 15 is 0 Å². The Morgan fingerprint density at radius 2 is 1.96 bits per heavy atom. The summed E-state index contributed by atoms with van der Waals surface area (Å²) in [5.74, 6) is -8.46. The largest absolute Gasteiger partial charge is 0.490 e. The number of H-pyrrole nitrogens is 1. The molecule has 0 spiro atoms. The summed E-state index contributed by atoms with van der Waals surface area (Å²) in [6, 6.07) is 0. The number of anilines is 1. The third-order valence-corrected chi connectivity index (χ3v) is 4.44. The number of amides is 1. The Morgan fingerprint density at radius 1 is 1.29 bits per heavy atom. The molecule has 1 aliphatic heterocycles. The maximum Gasteiger partial charge on any atom is 0.490 e. The number of aromatic nitrogens is 3. The van der Waals surface area contributed by atoms with Crippen molar-refractivity contribution in [2.24, 2.45) is 5.92 Å². The summed E-state index contributed by atoms with van der Waals surface area (Å²) >= 11 is 1.32. The second kappa shape index (κ2) is 8.60. The minimum atomic E-state index is -5.08. The predicted octanol–water partition coefficient (Wildman–Crippen LogP) is 2.35. The van der Waals surface area contributed by atoms with Crippen molar-refractivity contribution in [1.29, 1.82) is 0 Å². The molecule has 1 fully saturated rings. The van der Waals surface area contributed by atoms with Crippen LogP contribution in [-0.4, -0.2) is 57.4 Å². The molecule has 14 heteroatoms. The van der Waals surface area contributed by atoms with Gasteiger partial charge in [0.25, 0.3) is 5.91 Å². The molecule has 1 saturated heterocycles. The number of carboxylic acids is 1. The molecule has 3 rings (SSSR count). The van der Waals surface area contributed by atoms with E-state index in [1.54, 1.807) is 11.6 Å². The number of carbonyl (C=O) groups is 2. The van der Waals surface area contributed by atoms with Crippen LogP contribution in [-0.2, 0) is 9.59 Å². The first-order valence-corrected chi connectivity index (χ1v) is 8.54. The third-order valence-electron chi connectivity index (χ3n) is 3.65. The van der Waals surface area contributed by atoms with Crippen LogP contribution < -0.4 is 10.6 Å². The number of hydrogen-bond donors (Lipinski definition) is 4. The summed E-state index contributed by atoms with van der Waals surface area (Å²) in [6.07, 6.45) is -1.91. The second-order valence-corrected chi connectivity index (χ2v) is 6.46. The van der Waals surface area contributed by atoms with E-state index in [4.69, 9.17) is 9.90 Å². The lowest BCUT2D eigenvalue weighted by atomic mass is 10.00. The first-order chi connectivity index (χ1) is 13.0. The topological polar surface area (TPSA) is 120 Å². The van der Waals surface area contributed by atoms with Crippen molar-refractivity contribution in [2.75, 3.05) is 18.4 Å². The van der Waals surface area contributed by atoms with Crippen LogP contribution in [0.25, 0.3) is 10.7 Å². The van der Waals surface area contributed by atoms with Crippen molar-refractivity contribution in [3.63, 3.8) is 0 Å². The van der Waals surface area contributed by atoms with Gasteiger partial charge < -0.3 is 15.7 Å². The van der Waals surface area contributed by atoms with E-state index in [2.05, 4.69) is 25.8 Å². The Labute approximate surface area is 158 Å². The van der Waals surface area contributed by atoms with Crippen LogP contribution in [0.3, 0.4) is 0 Å². The average Bonchev–Trinajstić information content (AvgIpc) is 3.36. The summed E-state index contributed by atoms with van der Waals surface area (Å²) in [5.41, 5.74) is 0.638. The quantitative estimate of drug-likeness (QED) is 0.556. The van der Waals surface area contributed by atoms with Gasteiger partial charge in [-0.3, -0.25) is 9.89 Å². The maximum atomic E-state index is 14.1. The number of carbonyl (C=O) groups excluding carboxylic acids is 1. The molecule has 154 valence electrons. The number of halogens is 5. The van der Waals surface area contributed by atoms with E-state index in [0.29, 0.717) is 17.2 Å². The van der Waals surface area contributed by atoms with E-state index in [0.717, 1.165) is 0 Å². The molecule has 0 aromatic carbocycles. The number of aliphatic carboxylic acids is 1. The van der Waals surface area contributed by atoms with E-state index < -0.39 is 29.9 Å². The third kappa shape index (κ3) is 5.22. The number of aromatic amines is 1. The summed E-state index contributed by atoms with van der Waals surface area (Å²) in [6.45, 7) is 0.648. The molecule has 1 aliphatic rings. The van der Waals surface area contributed by atoms with Gasteiger partial charge in [-0.25, -0.2) is 9.78 Å². The first kappa shape index (κ1) is 21.7. The van der Waals surface area contributed by atoms with Crippen LogP contribution in [0.5, 0.6) is 0 Å². The van der Waals surface area contributed by atoms with Gasteiger partial charge in [-0.1, -0.05) is 0 Å². The second-order valence-electron chi connectivity index (χ2n) is 5.57. The van der Waals surface area contributed by atoms with Crippen molar-refractivity contribution in [1.82, 2.24) is 20.5 Å². The van der Waals surface area contributed by atoms with Gasteiger partial charge in [0.15, 0.2) is 0 Å². The molecule has 1 amide bonds. The van der Waals surface area contributed by atoms with E-state index in [9.17, 15) is 26.7 Å². The molecule has 2 aromatic heterocycles. The molecule has 0 bridgehead atoms. The van der Waals surface area contributed by atoms with Crippen molar-refractivity contribution in [3.05, 3.63) is 17.8 Å². The molecule has 1 atom stereocenters. The van der Waals surface area contributed by atoms with Crippen molar-refractivity contribution >= 4 is 28.9 Å². The lowest BCUT2D eigenvalue weighted by Gasteiger charge is -2.21. The number of nitrogens with one attached hydrogen (secondary N) is 3. The Bertz CT molecular complexity index is 803. The molecular formula is C14H14F5N5O3S. The highest BCUT2D eigenvalue weighted by atomic mass is 32.1. The summed E-state index contributed by atoms with van der Waals surface area (Å²) in [7, 11) is 0. The fourth-order valence-electron chi connectivity index (χ4n) is 2.25. The number of nitrogens with zero attached hydrogens (tertiary/aromatic N) is 2. The zero-order chi connectivity index (χ0) is 20.9. The minimum absolute atomic E-state index is 0.144. The van der Waals surface area contributed by atoms with Gasteiger partial charge in [-0.15, -0.1) is 11.3 Å². The van der Waals surface area contributed by atoms with E-state index in [-0.39, 0.29) is 18.7 Å². The monoisotopic (exact) mass is 427 g/mol. The molecule has 0 saturated carbocycles. The maximum absolute atomic E-state index is 14.1. The van der Waals surface area contributed by atoms with Gasteiger partial charge >= 0.3 is 18.1 Å². The summed E-state index contributed by atoms with van der Waals surface area (Å²) in [5, 5.41) is 21.0. The predicted molar refractivity (Wildman–Crippen MR) is 87.9 cm³/mol. The van der Waals surface area contributed by atoms with E-state index in [1.807, 2.05) is 0 Å². The fourth-order valence-corrected chi connectivity index (χ4v) is 2.89. The molecule has 0 radical (unpaired) electrons. The van der Waals surface area contributed by atoms with Crippen molar-refractivity contribution in [2.45, 2.75) is 18.5 Å². The van der Waals surface area contributed by atoms with Gasteiger partial charge in [0.2, 0.25) is 0 Å². The molecular weight excluding hydrogens is 413 g/mol. The zero-order valence-electron chi connectivity index (χ0n) is 13.9.